The third-order valence-electron chi connectivity index (χ3n) is 2.25. The Morgan fingerprint density at radius 2 is 2.18 bits per heavy atom. The fourth-order valence-electron chi connectivity index (χ4n) is 1.44. The Balaban J connectivity index is 2.23. The highest BCUT2D eigenvalue weighted by molar-refractivity contribution is 7.17. The Kier molecular flexibility index (Phi) is 3.54. The minimum absolute atomic E-state index is 0.0900. The molecule has 2 rings (SSSR count). The van der Waals surface area contributed by atoms with Crippen molar-refractivity contribution < 1.29 is 9.53 Å². The normalized spacial score (nSPS) is 10.2. The van der Waals surface area contributed by atoms with Crippen molar-refractivity contribution in [3.63, 3.8) is 0 Å². The molecule has 0 fully saturated rings. The maximum absolute atomic E-state index is 11.2. The van der Waals surface area contributed by atoms with Crippen LogP contribution in [0.5, 0.6) is 5.75 Å². The predicted molar refractivity (Wildman–Crippen MR) is 68.7 cm³/mol. The molecule has 0 amide bonds. The van der Waals surface area contributed by atoms with Crippen LogP contribution in [-0.2, 0) is 0 Å². The molecule has 88 valence electrons. The zero-order valence-corrected chi connectivity index (χ0v) is 10.6. The minimum atomic E-state index is 0.0900. The molecule has 3 nitrogen and oxygen atoms in total. The van der Waals surface area contributed by atoms with E-state index in [1.165, 1.54) is 11.3 Å². The highest BCUT2D eigenvalue weighted by Crippen LogP contribution is 2.27. The molecule has 0 aromatic carbocycles. The molecule has 0 unspecified atom stereocenters. The topological polar surface area (TPSA) is 39.2 Å². The zero-order chi connectivity index (χ0) is 12.3. The van der Waals surface area contributed by atoms with Gasteiger partial charge in [0.1, 0.15) is 5.75 Å². The van der Waals surface area contributed by atoms with E-state index in [-0.39, 0.29) is 5.78 Å². The van der Waals surface area contributed by atoms with Crippen molar-refractivity contribution in [3.8, 4) is 16.3 Å². The SMILES string of the molecule is CCOc1ccc(-c2ccc(C(C)=O)s2)nc1. The number of pyridine rings is 1. The lowest BCUT2D eigenvalue weighted by Gasteiger charge is -2.02. The Morgan fingerprint density at radius 3 is 2.71 bits per heavy atom. The monoisotopic (exact) mass is 247 g/mol. The summed E-state index contributed by atoms with van der Waals surface area (Å²) < 4.78 is 5.33. The fraction of sp³-hybridized carbons (Fsp3) is 0.231. The van der Waals surface area contributed by atoms with Gasteiger partial charge in [-0.15, -0.1) is 11.3 Å². The average Bonchev–Trinajstić information content (AvgIpc) is 2.80. The van der Waals surface area contributed by atoms with E-state index in [0.717, 1.165) is 21.2 Å². The summed E-state index contributed by atoms with van der Waals surface area (Å²) in [4.78, 5) is 17.3. The number of aromatic nitrogens is 1. The number of Topliss-reactive ketones (excluding diaryl/α,β-unsaturated/α-hetero) is 1. The second kappa shape index (κ2) is 5.10. The molecule has 0 bridgehead atoms. The van der Waals surface area contributed by atoms with Gasteiger partial charge in [0.15, 0.2) is 5.78 Å². The number of carbonyl (C=O) groups excluding carboxylic acids is 1. The van der Waals surface area contributed by atoms with Crippen molar-refractivity contribution in [2.24, 2.45) is 0 Å². The highest BCUT2D eigenvalue weighted by Gasteiger charge is 2.07. The van der Waals surface area contributed by atoms with Gasteiger partial charge in [-0.25, -0.2) is 0 Å². The third-order valence-corrected chi connectivity index (χ3v) is 3.46. The van der Waals surface area contributed by atoms with Crippen LogP contribution in [0.25, 0.3) is 10.6 Å². The van der Waals surface area contributed by atoms with Crippen LogP contribution in [0.15, 0.2) is 30.5 Å². The summed E-state index contributed by atoms with van der Waals surface area (Å²) in [5.41, 5.74) is 0.867. The molecule has 0 spiro atoms. The smallest absolute Gasteiger partial charge is 0.169 e. The van der Waals surface area contributed by atoms with E-state index >= 15 is 0 Å². The molecule has 2 aromatic heterocycles. The van der Waals surface area contributed by atoms with E-state index in [4.69, 9.17) is 4.74 Å². The van der Waals surface area contributed by atoms with E-state index in [1.54, 1.807) is 13.1 Å². The molecular formula is C13H13NO2S. The number of ether oxygens (including phenoxy) is 1. The van der Waals surface area contributed by atoms with Crippen molar-refractivity contribution >= 4 is 17.1 Å². The molecule has 17 heavy (non-hydrogen) atoms. The summed E-state index contributed by atoms with van der Waals surface area (Å²) in [7, 11) is 0. The molecule has 0 saturated carbocycles. The summed E-state index contributed by atoms with van der Waals surface area (Å²) in [6, 6.07) is 7.55. The van der Waals surface area contributed by atoms with Gasteiger partial charge in [-0.2, -0.15) is 0 Å². The lowest BCUT2D eigenvalue weighted by Crippen LogP contribution is -1.91. The zero-order valence-electron chi connectivity index (χ0n) is 9.77. The third kappa shape index (κ3) is 2.71. The first-order valence-corrected chi connectivity index (χ1v) is 6.22. The van der Waals surface area contributed by atoms with Crippen LogP contribution in [0.2, 0.25) is 0 Å². The van der Waals surface area contributed by atoms with E-state index in [1.807, 2.05) is 31.2 Å². The van der Waals surface area contributed by atoms with Crippen LogP contribution in [0.4, 0.5) is 0 Å². The summed E-state index contributed by atoms with van der Waals surface area (Å²) in [5.74, 6) is 0.854. The largest absolute Gasteiger partial charge is 0.492 e. The quantitative estimate of drug-likeness (QED) is 0.777. The van der Waals surface area contributed by atoms with E-state index in [0.29, 0.717) is 6.61 Å². The summed E-state index contributed by atoms with van der Waals surface area (Å²) in [6.07, 6.45) is 1.70. The molecule has 0 saturated heterocycles. The van der Waals surface area contributed by atoms with Crippen LogP contribution in [0.1, 0.15) is 23.5 Å². The molecule has 0 aliphatic heterocycles. The standard InChI is InChI=1S/C13H13NO2S/c1-3-16-10-4-5-11(14-8-10)13-7-6-12(17-13)9(2)15/h4-8H,3H2,1-2H3. The van der Waals surface area contributed by atoms with Crippen LogP contribution < -0.4 is 4.74 Å². The second-order valence-corrected chi connectivity index (χ2v) is 4.62. The summed E-state index contributed by atoms with van der Waals surface area (Å²) >= 11 is 1.46. The number of rotatable bonds is 4. The van der Waals surface area contributed by atoms with Gasteiger partial charge in [0.05, 0.1) is 28.3 Å². The number of hydrogen-bond acceptors (Lipinski definition) is 4. The molecule has 0 radical (unpaired) electrons. The molecule has 0 aliphatic rings. The first-order valence-electron chi connectivity index (χ1n) is 5.40. The Bertz CT molecular complexity index is 516. The van der Waals surface area contributed by atoms with Gasteiger partial charge >= 0.3 is 0 Å². The first-order chi connectivity index (χ1) is 8.20. The number of carbonyl (C=O) groups is 1. The van der Waals surface area contributed by atoms with Crippen LogP contribution in [0.3, 0.4) is 0 Å². The van der Waals surface area contributed by atoms with Crippen molar-refractivity contribution in [1.29, 1.82) is 0 Å². The lowest BCUT2D eigenvalue weighted by molar-refractivity contribution is 0.102. The highest BCUT2D eigenvalue weighted by atomic mass is 32.1. The van der Waals surface area contributed by atoms with Gasteiger partial charge in [-0.3, -0.25) is 9.78 Å². The van der Waals surface area contributed by atoms with E-state index in [2.05, 4.69) is 4.98 Å². The molecule has 4 heteroatoms. The lowest BCUT2D eigenvalue weighted by atomic mass is 10.3. The number of hydrogen-bond donors (Lipinski definition) is 0. The fourth-order valence-corrected chi connectivity index (χ4v) is 2.32. The predicted octanol–water partition coefficient (Wildman–Crippen LogP) is 3.41. The first kappa shape index (κ1) is 11.8. The average molecular weight is 247 g/mol. The van der Waals surface area contributed by atoms with Crippen LogP contribution in [-0.4, -0.2) is 17.4 Å². The maximum atomic E-state index is 11.2. The molecule has 2 aromatic rings. The van der Waals surface area contributed by atoms with E-state index in [9.17, 15) is 4.79 Å². The second-order valence-electron chi connectivity index (χ2n) is 3.53. The van der Waals surface area contributed by atoms with Crippen molar-refractivity contribution in [2.75, 3.05) is 6.61 Å². The van der Waals surface area contributed by atoms with Gasteiger partial charge in [0.25, 0.3) is 0 Å². The summed E-state index contributed by atoms with van der Waals surface area (Å²) in [6.45, 7) is 4.14. The number of ketones is 1. The van der Waals surface area contributed by atoms with Gasteiger partial charge in [-0.05, 0) is 38.1 Å². The molecule has 0 aliphatic carbocycles. The number of nitrogens with zero attached hydrogens (tertiary/aromatic N) is 1. The maximum Gasteiger partial charge on any atom is 0.169 e. The Labute approximate surface area is 104 Å². The Morgan fingerprint density at radius 1 is 1.35 bits per heavy atom. The van der Waals surface area contributed by atoms with E-state index < -0.39 is 0 Å². The summed E-state index contributed by atoms with van der Waals surface area (Å²) in [5, 5.41) is 0. The Hall–Kier alpha value is -1.68. The van der Waals surface area contributed by atoms with Crippen LogP contribution >= 0.6 is 11.3 Å². The van der Waals surface area contributed by atoms with Crippen molar-refractivity contribution in [3.05, 3.63) is 35.3 Å². The van der Waals surface area contributed by atoms with Gasteiger partial charge in [0.2, 0.25) is 0 Å². The molecule has 2 heterocycles. The minimum Gasteiger partial charge on any atom is -0.492 e. The molecule has 0 atom stereocenters. The molecule has 0 N–H and O–H groups in total. The van der Waals surface area contributed by atoms with Gasteiger partial charge < -0.3 is 4.74 Å². The van der Waals surface area contributed by atoms with Crippen molar-refractivity contribution in [1.82, 2.24) is 4.98 Å². The van der Waals surface area contributed by atoms with Gasteiger partial charge in [0, 0.05) is 0 Å². The van der Waals surface area contributed by atoms with Gasteiger partial charge in [-0.1, -0.05) is 0 Å². The number of thiophene rings is 1. The van der Waals surface area contributed by atoms with Crippen molar-refractivity contribution in [2.45, 2.75) is 13.8 Å². The van der Waals surface area contributed by atoms with Crippen LogP contribution in [0, 0.1) is 0 Å². The molecular weight excluding hydrogens is 234 g/mol.